The first-order valence-electron chi connectivity index (χ1n) is 5.43. The van der Waals surface area contributed by atoms with Gasteiger partial charge in [-0.05, 0) is 0 Å². The van der Waals surface area contributed by atoms with Crippen LogP contribution in [0.2, 0.25) is 0 Å². The Kier molecular flexibility index (Phi) is 8.02. The minimum absolute atomic E-state index is 0.406. The van der Waals surface area contributed by atoms with E-state index in [-0.39, 0.29) is 0 Å². The first kappa shape index (κ1) is 16.3. The molecule has 2 rings (SSSR count). The molecule has 17 heavy (non-hydrogen) atoms. The number of hydrogen-bond acceptors (Lipinski definition) is 0. The van der Waals surface area contributed by atoms with E-state index >= 15 is 0 Å². The molecule has 0 aromatic rings. The second-order valence-electron chi connectivity index (χ2n) is 3.71. The Morgan fingerprint density at radius 2 is 1.88 bits per heavy atom. The van der Waals surface area contributed by atoms with E-state index in [1.54, 1.807) is 0 Å². The van der Waals surface area contributed by atoms with E-state index in [0.29, 0.717) is 6.04 Å². The second-order valence-corrected chi connectivity index (χ2v) is 29.2. The molecular weight excluding hydrogens is 409 g/mol. The first-order valence-corrected chi connectivity index (χ1v) is 19.9. The van der Waals surface area contributed by atoms with E-state index in [1.807, 2.05) is 0 Å². The Hall–Kier alpha value is 1.20. The van der Waals surface area contributed by atoms with Crippen molar-refractivity contribution in [2.24, 2.45) is 0 Å². The maximum atomic E-state index is 5.04. The normalized spacial score (nSPS) is 24.2. The van der Waals surface area contributed by atoms with Crippen LogP contribution in [0.5, 0.6) is 0 Å². The molecule has 1 saturated heterocycles. The van der Waals surface area contributed by atoms with Gasteiger partial charge in [-0.15, -0.1) is 25.2 Å². The maximum absolute atomic E-state index is 5.04. The molecule has 0 aromatic heterocycles. The van der Waals surface area contributed by atoms with Crippen LogP contribution in [-0.4, -0.2) is 33.0 Å². The van der Waals surface area contributed by atoms with E-state index in [0.717, 1.165) is 13.1 Å². The van der Waals surface area contributed by atoms with Crippen LogP contribution in [0, 0.1) is 0 Å². The van der Waals surface area contributed by atoms with Gasteiger partial charge in [0, 0.05) is 0 Å². The summed E-state index contributed by atoms with van der Waals surface area (Å²) in [7, 11) is 20.1. The molecule has 0 radical (unpaired) electrons. The van der Waals surface area contributed by atoms with Crippen molar-refractivity contribution in [3.05, 3.63) is 34.6 Å². The number of hydrogen-bond donors (Lipinski definition) is 0. The van der Waals surface area contributed by atoms with Crippen molar-refractivity contribution in [2.45, 2.75) is 25.3 Å². The molecule has 0 aliphatic carbocycles. The van der Waals surface area contributed by atoms with Crippen molar-refractivity contribution in [3.63, 3.8) is 0 Å². The minimum atomic E-state index is -3.29. The summed E-state index contributed by atoms with van der Waals surface area (Å²) in [6.07, 6.45) is 10.0. The molecule has 0 bridgehead atoms. The molecule has 0 amide bonds. The molecule has 1 unspecified atom stereocenters. The Labute approximate surface area is 121 Å². The predicted molar refractivity (Wildman–Crippen MR) is 80.5 cm³/mol. The van der Waals surface area contributed by atoms with Gasteiger partial charge in [-0.1, -0.05) is 31.4 Å². The Morgan fingerprint density at radius 1 is 1.18 bits per heavy atom. The van der Waals surface area contributed by atoms with Gasteiger partial charge in [0.05, 0.1) is 0 Å². The van der Waals surface area contributed by atoms with Crippen molar-refractivity contribution in [3.8, 4) is 0 Å². The van der Waals surface area contributed by atoms with Crippen LogP contribution in [0.1, 0.15) is 19.3 Å². The summed E-state index contributed by atoms with van der Waals surface area (Å²) in [6, 6.07) is 0.406. The molecule has 2 aliphatic heterocycles. The van der Waals surface area contributed by atoms with Crippen LogP contribution >= 0.6 is 35.7 Å². The van der Waals surface area contributed by atoms with Crippen molar-refractivity contribution in [2.75, 3.05) is 13.1 Å². The molecular formula is C10H14Cl4N2Sn-2. The summed E-state index contributed by atoms with van der Waals surface area (Å²) in [4.78, 5) is 0. The molecule has 0 saturated carbocycles. The predicted octanol–water partition coefficient (Wildman–Crippen LogP) is 5.12. The average molecular weight is 423 g/mol. The van der Waals surface area contributed by atoms with E-state index in [1.165, 1.54) is 25.0 Å². The van der Waals surface area contributed by atoms with Gasteiger partial charge in [0.25, 0.3) is 0 Å². The van der Waals surface area contributed by atoms with Gasteiger partial charge in [0.1, 0.15) is 0 Å². The van der Waals surface area contributed by atoms with Crippen LogP contribution in [0.4, 0.5) is 0 Å². The monoisotopic (exact) mass is 422 g/mol. The molecule has 1 atom stereocenters. The van der Waals surface area contributed by atoms with Gasteiger partial charge < -0.3 is 10.6 Å². The Bertz CT molecular complexity index is 277. The fourth-order valence-electron chi connectivity index (χ4n) is 1.68. The fourth-order valence-corrected chi connectivity index (χ4v) is 1.68. The van der Waals surface area contributed by atoms with Crippen molar-refractivity contribution < 1.29 is 0 Å². The summed E-state index contributed by atoms with van der Waals surface area (Å²) >= 11 is -3.29. The average Bonchev–Trinajstić information content (AvgIpc) is 2.29. The molecule has 0 N–H and O–H groups in total. The summed E-state index contributed by atoms with van der Waals surface area (Å²) in [5.41, 5.74) is 1.19. The molecule has 7 heteroatoms. The zero-order valence-electron chi connectivity index (χ0n) is 9.25. The van der Waals surface area contributed by atoms with Crippen LogP contribution in [0.3, 0.4) is 0 Å². The molecule has 98 valence electrons. The number of rotatable bonds is 1. The zero-order chi connectivity index (χ0) is 12.7. The van der Waals surface area contributed by atoms with E-state index in [2.05, 4.69) is 28.9 Å². The molecule has 0 aromatic carbocycles. The third-order valence-corrected chi connectivity index (χ3v) is 2.36. The van der Waals surface area contributed by atoms with Crippen molar-refractivity contribution in [1.29, 1.82) is 0 Å². The number of nitrogens with zero attached hydrogens (tertiary/aromatic N) is 2. The van der Waals surface area contributed by atoms with Gasteiger partial charge in [0.15, 0.2) is 0 Å². The second kappa shape index (κ2) is 8.39. The molecule has 0 spiro atoms. The topological polar surface area (TPSA) is 28.2 Å². The first-order chi connectivity index (χ1) is 7.97. The van der Waals surface area contributed by atoms with E-state index < -0.39 is 13.9 Å². The van der Waals surface area contributed by atoms with Gasteiger partial charge in [-0.25, -0.2) is 0 Å². The van der Waals surface area contributed by atoms with Crippen molar-refractivity contribution >= 4 is 49.6 Å². The Morgan fingerprint density at radius 3 is 2.35 bits per heavy atom. The summed E-state index contributed by atoms with van der Waals surface area (Å²) in [5, 5.41) is 8.99. The third-order valence-electron chi connectivity index (χ3n) is 2.36. The van der Waals surface area contributed by atoms with Gasteiger partial charge in [-0.2, -0.15) is 5.70 Å². The SMILES string of the molecule is C1=CC[N-]C(C2CCCC[N-]2)=C1.[Cl][Sn]([Cl])([Cl])[Cl]. The summed E-state index contributed by atoms with van der Waals surface area (Å²) < 4.78 is 0. The quantitative estimate of drug-likeness (QED) is 0.525. The third kappa shape index (κ3) is 8.84. The van der Waals surface area contributed by atoms with Crippen LogP contribution in [0.25, 0.3) is 10.6 Å². The van der Waals surface area contributed by atoms with Crippen molar-refractivity contribution in [1.82, 2.24) is 0 Å². The number of halogens is 4. The molecule has 2 nitrogen and oxygen atoms in total. The number of allylic oxidation sites excluding steroid dienone is 2. The zero-order valence-corrected chi connectivity index (χ0v) is 15.1. The number of piperidine rings is 1. The molecule has 2 heterocycles. The van der Waals surface area contributed by atoms with Gasteiger partial charge in [-0.3, -0.25) is 0 Å². The van der Waals surface area contributed by atoms with E-state index in [4.69, 9.17) is 35.7 Å². The van der Waals surface area contributed by atoms with E-state index in [9.17, 15) is 0 Å². The van der Waals surface area contributed by atoms with Gasteiger partial charge >= 0.3 is 49.6 Å². The molecule has 1 fully saturated rings. The standard InChI is InChI=1S/C10H14N2.4ClH.Sn/c1-3-7-11-9(5-1)10-6-2-4-8-12-10;;;;;/h1,3,5,10H,2,4,6-8H2;4*1H;/q-2;;;;;+4/p-4. The van der Waals surface area contributed by atoms with Crippen LogP contribution in [-0.2, 0) is 0 Å². The van der Waals surface area contributed by atoms with Gasteiger partial charge in [0.2, 0.25) is 0 Å². The fraction of sp³-hybridized carbons (Fsp3) is 0.600. The summed E-state index contributed by atoms with van der Waals surface area (Å²) in [5.74, 6) is 0. The Balaban J connectivity index is 0.000000249. The summed E-state index contributed by atoms with van der Waals surface area (Å²) in [6.45, 7) is 1.87. The van der Waals surface area contributed by atoms with Crippen LogP contribution < -0.4 is 0 Å². The van der Waals surface area contributed by atoms with Crippen LogP contribution in [0.15, 0.2) is 23.9 Å². The molecule has 2 aliphatic rings.